The molecule has 3 N–H and O–H groups in total. The van der Waals surface area contributed by atoms with Crippen molar-refractivity contribution in [3.8, 4) is 0 Å². The zero-order chi connectivity index (χ0) is 23.1. The Kier molecular flexibility index (Phi) is 8.79. The number of rotatable bonds is 6. The highest BCUT2D eigenvalue weighted by molar-refractivity contribution is 9.10. The number of benzene rings is 3. The molecule has 0 aromatic heterocycles. The Bertz CT molecular complexity index is 1030. The number of hydrogen-bond donors (Lipinski definition) is 3. The molecule has 0 bridgehead atoms. The van der Waals surface area contributed by atoms with Gasteiger partial charge >= 0.3 is 0 Å². The van der Waals surface area contributed by atoms with Crippen LogP contribution in [-0.4, -0.2) is 21.0 Å². The first-order valence-electron chi connectivity index (χ1n) is 9.54. The number of carbonyl (C=O) groups excluding carboxylic acids is 1. The predicted octanol–water partition coefficient (Wildman–Crippen LogP) is 6.38. The lowest BCUT2D eigenvalue weighted by Crippen LogP contribution is -2.57. The minimum atomic E-state index is -1.86. The molecule has 3 aromatic carbocycles. The van der Waals surface area contributed by atoms with Gasteiger partial charge in [-0.3, -0.25) is 4.79 Å². The van der Waals surface area contributed by atoms with E-state index in [2.05, 4.69) is 31.9 Å². The fourth-order valence-corrected chi connectivity index (χ4v) is 4.04. The third kappa shape index (κ3) is 7.09. The summed E-state index contributed by atoms with van der Waals surface area (Å²) in [4.78, 5) is 13.4. The Morgan fingerprint density at radius 2 is 1.41 bits per heavy atom. The largest absolute Gasteiger partial charge is 0.339 e. The molecule has 0 aliphatic rings. The minimum absolute atomic E-state index is 0.190. The number of carbonyl (C=O) groups is 1. The Balaban J connectivity index is 1.80. The summed E-state index contributed by atoms with van der Waals surface area (Å²) in [6, 6.07) is 26.2. The predicted molar refractivity (Wildman–Crippen MR) is 140 cm³/mol. The average Bonchev–Trinajstić information content (AvgIpc) is 2.74. The van der Waals surface area contributed by atoms with Crippen molar-refractivity contribution < 1.29 is 4.79 Å². The average molecular weight is 572 g/mol. The molecule has 0 radical (unpaired) electrons. The number of nitrogens with one attached hydrogen (secondary N) is 3. The van der Waals surface area contributed by atoms with E-state index in [-0.39, 0.29) is 11.0 Å². The molecule has 1 atom stereocenters. The summed E-state index contributed by atoms with van der Waals surface area (Å²) in [5, 5.41) is 8.90. The molecule has 3 rings (SSSR count). The highest BCUT2D eigenvalue weighted by Gasteiger charge is 2.36. The van der Waals surface area contributed by atoms with Gasteiger partial charge in [0.05, 0.1) is 5.92 Å². The summed E-state index contributed by atoms with van der Waals surface area (Å²) in [6.45, 7) is 0. The Labute approximate surface area is 215 Å². The third-order valence-corrected chi connectivity index (χ3v) is 5.87. The van der Waals surface area contributed by atoms with Crippen molar-refractivity contribution >= 4 is 79.7 Å². The minimum Gasteiger partial charge on any atom is -0.339 e. The number of thiocarbonyl (C=S) groups is 1. The van der Waals surface area contributed by atoms with Crippen LogP contribution in [0.25, 0.3) is 0 Å². The van der Waals surface area contributed by atoms with Gasteiger partial charge in [0.25, 0.3) is 0 Å². The highest BCUT2D eigenvalue weighted by Crippen LogP contribution is 2.31. The summed E-state index contributed by atoms with van der Waals surface area (Å²) >= 11 is 27.3. The molecular weight excluding hydrogens is 553 g/mol. The summed E-state index contributed by atoms with van der Waals surface area (Å²) in [6.07, 6.45) is -1.08. The Morgan fingerprint density at radius 3 is 1.91 bits per heavy atom. The van der Waals surface area contributed by atoms with Crippen molar-refractivity contribution in [3.05, 3.63) is 101 Å². The molecule has 0 saturated carbocycles. The number of halogens is 4. The van der Waals surface area contributed by atoms with Crippen LogP contribution in [0.15, 0.2) is 89.4 Å². The Hall–Kier alpha value is -1.83. The second kappa shape index (κ2) is 11.3. The molecule has 4 nitrogen and oxygen atoms in total. The van der Waals surface area contributed by atoms with Gasteiger partial charge in [-0.15, -0.1) is 0 Å². The molecule has 32 heavy (non-hydrogen) atoms. The Morgan fingerprint density at radius 1 is 0.844 bits per heavy atom. The van der Waals surface area contributed by atoms with E-state index >= 15 is 0 Å². The molecule has 0 saturated heterocycles. The summed E-state index contributed by atoms with van der Waals surface area (Å²) in [5.41, 5.74) is 2.36. The van der Waals surface area contributed by atoms with Gasteiger partial charge in [0.2, 0.25) is 9.70 Å². The molecule has 3 aromatic rings. The van der Waals surface area contributed by atoms with Crippen molar-refractivity contribution in [1.29, 1.82) is 0 Å². The quantitative estimate of drug-likeness (QED) is 0.183. The van der Waals surface area contributed by atoms with Crippen molar-refractivity contribution in [2.75, 3.05) is 5.32 Å². The van der Waals surface area contributed by atoms with Gasteiger partial charge in [0.1, 0.15) is 6.17 Å². The first kappa shape index (κ1) is 24.8. The maximum atomic E-state index is 13.4. The number of anilines is 1. The second-order valence-electron chi connectivity index (χ2n) is 6.85. The van der Waals surface area contributed by atoms with Crippen molar-refractivity contribution in [3.63, 3.8) is 0 Å². The lowest BCUT2D eigenvalue weighted by molar-refractivity contribution is -0.122. The van der Waals surface area contributed by atoms with Crippen LogP contribution in [0, 0.1) is 0 Å². The molecule has 0 fully saturated rings. The van der Waals surface area contributed by atoms with Crippen LogP contribution in [-0.2, 0) is 4.79 Å². The van der Waals surface area contributed by atoms with E-state index in [1.807, 2.05) is 84.9 Å². The van der Waals surface area contributed by atoms with Crippen molar-refractivity contribution in [2.45, 2.75) is 15.9 Å². The molecule has 0 aliphatic carbocycles. The van der Waals surface area contributed by atoms with Crippen LogP contribution in [0.1, 0.15) is 17.0 Å². The smallest absolute Gasteiger partial charge is 0.233 e. The zero-order valence-electron chi connectivity index (χ0n) is 16.6. The summed E-state index contributed by atoms with van der Waals surface area (Å²) in [7, 11) is 0. The van der Waals surface area contributed by atoms with Gasteiger partial charge in [-0.1, -0.05) is 117 Å². The SMILES string of the molecule is O=C(NC(NC(=S)Nc1cccc(Br)c1)C(Cl)(Cl)Cl)C(c1ccccc1)c1ccccc1. The third-order valence-electron chi connectivity index (χ3n) is 4.50. The lowest BCUT2D eigenvalue weighted by atomic mass is 9.90. The maximum absolute atomic E-state index is 13.4. The number of alkyl halides is 3. The van der Waals surface area contributed by atoms with Crippen LogP contribution >= 0.6 is 63.0 Å². The second-order valence-corrected chi connectivity index (χ2v) is 10.5. The van der Waals surface area contributed by atoms with E-state index < -0.39 is 15.9 Å². The first-order chi connectivity index (χ1) is 15.2. The van der Waals surface area contributed by atoms with Gasteiger partial charge in [-0.05, 0) is 41.5 Å². The van der Waals surface area contributed by atoms with E-state index in [0.29, 0.717) is 0 Å². The van der Waals surface area contributed by atoms with Gasteiger partial charge in [-0.2, -0.15) is 0 Å². The van der Waals surface area contributed by atoms with Gasteiger partial charge in [-0.25, -0.2) is 0 Å². The number of amides is 1. The normalized spacial score (nSPS) is 12.2. The lowest BCUT2D eigenvalue weighted by Gasteiger charge is -2.29. The molecular formula is C23H19BrCl3N3OS. The van der Waals surface area contributed by atoms with E-state index in [9.17, 15) is 4.79 Å². The van der Waals surface area contributed by atoms with Crippen LogP contribution in [0.2, 0.25) is 0 Å². The van der Waals surface area contributed by atoms with Gasteiger partial charge in [0.15, 0.2) is 5.11 Å². The monoisotopic (exact) mass is 569 g/mol. The van der Waals surface area contributed by atoms with Crippen molar-refractivity contribution in [2.24, 2.45) is 0 Å². The molecule has 0 heterocycles. The summed E-state index contributed by atoms with van der Waals surface area (Å²) < 4.78 is -0.985. The van der Waals surface area contributed by atoms with Crippen LogP contribution in [0.4, 0.5) is 5.69 Å². The van der Waals surface area contributed by atoms with Crippen molar-refractivity contribution in [1.82, 2.24) is 10.6 Å². The fourth-order valence-electron chi connectivity index (χ4n) is 3.08. The van der Waals surface area contributed by atoms with E-state index in [1.54, 1.807) is 0 Å². The topological polar surface area (TPSA) is 53.2 Å². The van der Waals surface area contributed by atoms with Crippen LogP contribution in [0.5, 0.6) is 0 Å². The molecule has 1 unspecified atom stereocenters. The molecule has 1 amide bonds. The van der Waals surface area contributed by atoms with Crippen LogP contribution in [0.3, 0.4) is 0 Å². The molecule has 166 valence electrons. The number of hydrogen-bond acceptors (Lipinski definition) is 2. The standard InChI is InChI=1S/C23H19BrCl3N3OS/c24-17-12-7-13-18(14-17)28-22(32)30-21(23(25,26)27)29-20(31)19(15-8-3-1-4-9-15)16-10-5-2-6-11-16/h1-14,19,21H,(H,29,31)(H2,28,30,32). The highest BCUT2D eigenvalue weighted by atomic mass is 79.9. The van der Waals surface area contributed by atoms with Gasteiger partial charge in [0, 0.05) is 10.2 Å². The maximum Gasteiger partial charge on any atom is 0.233 e. The zero-order valence-corrected chi connectivity index (χ0v) is 21.2. The van der Waals surface area contributed by atoms with E-state index in [1.165, 1.54) is 0 Å². The fraction of sp³-hybridized carbons (Fsp3) is 0.130. The molecule has 0 aliphatic heterocycles. The first-order valence-corrected chi connectivity index (χ1v) is 11.9. The van der Waals surface area contributed by atoms with Crippen LogP contribution < -0.4 is 16.0 Å². The molecule has 0 spiro atoms. The van der Waals surface area contributed by atoms with E-state index in [0.717, 1.165) is 21.3 Å². The van der Waals surface area contributed by atoms with Gasteiger partial charge < -0.3 is 16.0 Å². The molecule has 9 heteroatoms. The van der Waals surface area contributed by atoms with E-state index in [4.69, 9.17) is 47.0 Å². The summed E-state index contributed by atoms with van der Waals surface area (Å²) in [5.74, 6) is -0.933.